The second kappa shape index (κ2) is 8.88. The van der Waals surface area contributed by atoms with Gasteiger partial charge in [-0.25, -0.2) is 8.42 Å². The smallest absolute Gasteiger partial charge is 0.229 e. The Balaban J connectivity index is 1.66. The third-order valence-electron chi connectivity index (χ3n) is 5.75. The number of hydrogen-bond acceptors (Lipinski definition) is 9. The van der Waals surface area contributed by atoms with E-state index in [0.29, 0.717) is 53.6 Å². The van der Waals surface area contributed by atoms with Crippen LogP contribution in [-0.4, -0.2) is 64.0 Å². The number of nitrogens with two attached hydrogens (primary N) is 1. The summed E-state index contributed by atoms with van der Waals surface area (Å²) in [4.78, 5) is 14.1. The van der Waals surface area contributed by atoms with Gasteiger partial charge >= 0.3 is 0 Å². The zero-order chi connectivity index (χ0) is 22.0. The summed E-state index contributed by atoms with van der Waals surface area (Å²) in [6, 6.07) is 6.96. The number of nitrogens with zero attached hydrogens (tertiary/aromatic N) is 4. The summed E-state index contributed by atoms with van der Waals surface area (Å²) in [5.74, 6) is 2.46. The van der Waals surface area contributed by atoms with Crippen LogP contribution in [0.25, 0.3) is 0 Å². The third kappa shape index (κ3) is 4.85. The molecule has 31 heavy (non-hydrogen) atoms. The Kier molecular flexibility index (Phi) is 6.19. The molecule has 0 spiro atoms. The van der Waals surface area contributed by atoms with Crippen molar-refractivity contribution in [2.45, 2.75) is 24.8 Å². The molecule has 4 rings (SSSR count). The molecule has 3 N–H and O–H groups in total. The second-order valence-electron chi connectivity index (χ2n) is 8.28. The molecule has 9 nitrogen and oxygen atoms in total. The van der Waals surface area contributed by atoms with E-state index >= 15 is 0 Å². The summed E-state index contributed by atoms with van der Waals surface area (Å²) in [5.41, 5.74) is 7.67. The monoisotopic (exact) mass is 446 g/mol. The number of aromatic nitrogens is 2. The van der Waals surface area contributed by atoms with Crippen molar-refractivity contribution in [1.29, 1.82) is 0 Å². The second-order valence-corrected chi connectivity index (χ2v) is 10.3. The molecular formula is C21H30N6O3S. The van der Waals surface area contributed by atoms with Gasteiger partial charge in [0.05, 0.1) is 18.1 Å². The zero-order valence-corrected chi connectivity index (χ0v) is 18.9. The molecule has 1 aromatic carbocycles. The van der Waals surface area contributed by atoms with E-state index in [4.69, 9.17) is 20.4 Å². The Morgan fingerprint density at radius 1 is 1.16 bits per heavy atom. The highest BCUT2D eigenvalue weighted by Gasteiger charge is 2.26. The molecule has 0 aliphatic carbocycles. The van der Waals surface area contributed by atoms with Crippen molar-refractivity contribution in [2.24, 2.45) is 5.92 Å². The zero-order valence-electron chi connectivity index (χ0n) is 18.0. The highest BCUT2D eigenvalue weighted by atomic mass is 32.2. The van der Waals surface area contributed by atoms with Crippen LogP contribution in [0.4, 0.5) is 23.3 Å². The average Bonchev–Trinajstić information content (AvgIpc) is 3.19. The van der Waals surface area contributed by atoms with Crippen LogP contribution in [0.3, 0.4) is 0 Å². The summed E-state index contributed by atoms with van der Waals surface area (Å²) in [7, 11) is -3.34. The van der Waals surface area contributed by atoms with Crippen LogP contribution >= 0.6 is 0 Å². The van der Waals surface area contributed by atoms with Crippen LogP contribution in [0.2, 0.25) is 0 Å². The van der Waals surface area contributed by atoms with Gasteiger partial charge in [0, 0.05) is 39.0 Å². The molecule has 2 aliphatic rings. The van der Waals surface area contributed by atoms with E-state index in [2.05, 4.69) is 22.0 Å². The Hall–Kier alpha value is -2.59. The summed E-state index contributed by atoms with van der Waals surface area (Å²) in [6.45, 7) is 7.03. The van der Waals surface area contributed by atoms with Crippen LogP contribution < -0.4 is 20.9 Å². The predicted molar refractivity (Wildman–Crippen MR) is 122 cm³/mol. The van der Waals surface area contributed by atoms with E-state index < -0.39 is 9.84 Å². The van der Waals surface area contributed by atoms with Crippen LogP contribution in [0.5, 0.6) is 0 Å². The number of nitrogens with one attached hydrogen (secondary N) is 1. The molecule has 2 aromatic rings. The van der Waals surface area contributed by atoms with Crippen molar-refractivity contribution in [2.75, 3.05) is 66.5 Å². The minimum absolute atomic E-state index is 0.294. The third-order valence-corrected chi connectivity index (χ3v) is 6.95. The normalized spacial score (nSPS) is 19.6. The highest BCUT2D eigenvalue weighted by molar-refractivity contribution is 7.90. The van der Waals surface area contributed by atoms with Crippen molar-refractivity contribution < 1.29 is 13.2 Å². The minimum Gasteiger partial charge on any atom is -0.393 e. The number of sulfone groups is 1. The number of nitrogen functional groups attached to an aromatic ring is 1. The van der Waals surface area contributed by atoms with Gasteiger partial charge in [0.25, 0.3) is 0 Å². The highest BCUT2D eigenvalue weighted by Crippen LogP contribution is 2.33. The fraction of sp³-hybridized carbons (Fsp3) is 0.524. The molecule has 3 heterocycles. The van der Waals surface area contributed by atoms with E-state index in [1.807, 2.05) is 6.07 Å². The Morgan fingerprint density at radius 3 is 2.58 bits per heavy atom. The Labute approximate surface area is 183 Å². The first-order chi connectivity index (χ1) is 14.8. The molecule has 0 saturated carbocycles. The van der Waals surface area contributed by atoms with Gasteiger partial charge in [-0.15, -0.1) is 0 Å². The number of hydrogen-bond donors (Lipinski definition) is 2. The standard InChI is InChI=1S/C21H30N6O3S/c1-15-7-8-27(14-15)20-18(22)19(24-21(25-20)26-9-11-30-12-10-26)23-13-16-5-3-4-6-17(16)31(2,28)29/h3-6,15H,7-14,22H2,1-2H3,(H,23,24,25). The summed E-state index contributed by atoms with van der Waals surface area (Å²) in [6.07, 6.45) is 2.31. The number of anilines is 4. The Bertz CT molecular complexity index is 1040. The number of ether oxygens (including phenoxy) is 1. The van der Waals surface area contributed by atoms with E-state index in [1.165, 1.54) is 6.26 Å². The van der Waals surface area contributed by atoms with E-state index in [-0.39, 0.29) is 0 Å². The van der Waals surface area contributed by atoms with Crippen molar-refractivity contribution in [1.82, 2.24) is 9.97 Å². The van der Waals surface area contributed by atoms with Gasteiger partial charge < -0.3 is 25.6 Å². The molecule has 0 radical (unpaired) electrons. The first-order valence-electron chi connectivity index (χ1n) is 10.6. The van der Waals surface area contributed by atoms with Crippen LogP contribution in [0.15, 0.2) is 29.2 Å². The molecule has 1 aromatic heterocycles. The van der Waals surface area contributed by atoms with Crippen molar-refractivity contribution >= 4 is 33.1 Å². The predicted octanol–water partition coefficient (Wildman–Crippen LogP) is 1.76. The van der Waals surface area contributed by atoms with Gasteiger partial charge in [-0.1, -0.05) is 25.1 Å². The number of benzene rings is 1. The maximum atomic E-state index is 12.1. The molecule has 1 atom stereocenters. The molecule has 168 valence electrons. The first-order valence-corrected chi connectivity index (χ1v) is 12.5. The lowest BCUT2D eigenvalue weighted by Crippen LogP contribution is -2.38. The largest absolute Gasteiger partial charge is 0.393 e. The van der Waals surface area contributed by atoms with Gasteiger partial charge in [0.15, 0.2) is 21.5 Å². The maximum absolute atomic E-state index is 12.1. The SMILES string of the molecule is CC1CCN(c2nc(N3CCOCC3)nc(NCc3ccccc3S(C)(=O)=O)c2N)C1. The van der Waals surface area contributed by atoms with E-state index in [1.54, 1.807) is 18.2 Å². The summed E-state index contributed by atoms with van der Waals surface area (Å²) < 4.78 is 29.8. The van der Waals surface area contributed by atoms with E-state index in [9.17, 15) is 8.42 Å². The van der Waals surface area contributed by atoms with Gasteiger partial charge in [0.1, 0.15) is 5.69 Å². The molecule has 1 unspecified atom stereocenters. The fourth-order valence-electron chi connectivity index (χ4n) is 4.04. The lowest BCUT2D eigenvalue weighted by Gasteiger charge is -2.29. The lowest BCUT2D eigenvalue weighted by molar-refractivity contribution is 0.122. The fourth-order valence-corrected chi connectivity index (χ4v) is 4.99. The molecular weight excluding hydrogens is 416 g/mol. The topological polar surface area (TPSA) is 114 Å². The number of rotatable bonds is 6. The van der Waals surface area contributed by atoms with Crippen LogP contribution in [0, 0.1) is 5.92 Å². The van der Waals surface area contributed by atoms with Crippen LogP contribution in [-0.2, 0) is 21.1 Å². The molecule has 0 amide bonds. The van der Waals surface area contributed by atoms with Crippen molar-refractivity contribution in [3.8, 4) is 0 Å². The first kappa shape index (κ1) is 21.6. The lowest BCUT2D eigenvalue weighted by atomic mass is 10.2. The maximum Gasteiger partial charge on any atom is 0.229 e. The number of morpholine rings is 1. The summed E-state index contributed by atoms with van der Waals surface area (Å²) in [5, 5.41) is 3.27. The quantitative estimate of drug-likeness (QED) is 0.685. The van der Waals surface area contributed by atoms with Crippen molar-refractivity contribution in [3.63, 3.8) is 0 Å². The van der Waals surface area contributed by atoms with E-state index in [0.717, 1.165) is 38.4 Å². The molecule has 2 fully saturated rings. The van der Waals surface area contributed by atoms with Gasteiger partial charge in [-0.3, -0.25) is 0 Å². The van der Waals surface area contributed by atoms with Crippen LogP contribution in [0.1, 0.15) is 18.9 Å². The van der Waals surface area contributed by atoms with Gasteiger partial charge in [-0.2, -0.15) is 9.97 Å². The molecule has 2 aliphatic heterocycles. The minimum atomic E-state index is -3.34. The molecule has 2 saturated heterocycles. The average molecular weight is 447 g/mol. The van der Waals surface area contributed by atoms with Gasteiger partial charge in [-0.05, 0) is 24.0 Å². The summed E-state index contributed by atoms with van der Waals surface area (Å²) >= 11 is 0. The van der Waals surface area contributed by atoms with Crippen molar-refractivity contribution in [3.05, 3.63) is 29.8 Å². The molecule has 10 heteroatoms. The van der Waals surface area contributed by atoms with Gasteiger partial charge in [0.2, 0.25) is 5.95 Å². The molecule has 0 bridgehead atoms. The Morgan fingerprint density at radius 2 is 1.90 bits per heavy atom.